The van der Waals surface area contributed by atoms with Crippen LogP contribution in [0.4, 0.5) is 17.1 Å². The molecule has 0 aliphatic carbocycles. The Bertz CT molecular complexity index is 3220. The molecule has 9 aromatic carbocycles. The van der Waals surface area contributed by atoms with Gasteiger partial charge in [0.25, 0.3) is 0 Å². The number of thiophene rings is 1. The predicted molar refractivity (Wildman–Crippen MR) is 235 cm³/mol. The van der Waals surface area contributed by atoms with Crippen molar-refractivity contribution in [3.63, 3.8) is 0 Å². The lowest BCUT2D eigenvalue weighted by atomic mass is 9.96. The van der Waals surface area contributed by atoms with Crippen LogP contribution in [0.2, 0.25) is 0 Å². The third-order valence-corrected chi connectivity index (χ3v) is 12.0. The zero-order chi connectivity index (χ0) is 36.3. The van der Waals surface area contributed by atoms with Crippen LogP contribution in [0.15, 0.2) is 205 Å². The van der Waals surface area contributed by atoms with Gasteiger partial charge in [0.1, 0.15) is 11.2 Å². The van der Waals surface area contributed by atoms with E-state index >= 15 is 0 Å². The molecule has 55 heavy (non-hydrogen) atoms. The largest absolute Gasteiger partial charge is 0.455 e. The molecule has 11 aromatic rings. The fourth-order valence-corrected chi connectivity index (χ4v) is 9.33. The molecule has 0 aliphatic rings. The quantitative estimate of drug-likeness (QED) is 0.170. The second-order valence-electron chi connectivity index (χ2n) is 14.1. The van der Waals surface area contributed by atoms with Gasteiger partial charge in [0.05, 0.1) is 11.4 Å². The first-order valence-electron chi connectivity index (χ1n) is 18.7. The molecule has 0 saturated heterocycles. The first kappa shape index (κ1) is 31.6. The number of hydrogen-bond donors (Lipinski definition) is 0. The van der Waals surface area contributed by atoms with E-state index in [1.165, 1.54) is 53.2 Å². The summed E-state index contributed by atoms with van der Waals surface area (Å²) in [6.45, 7) is 0. The molecule has 0 atom stereocenters. The Morgan fingerprint density at radius 2 is 0.945 bits per heavy atom. The average Bonchev–Trinajstić information content (AvgIpc) is 3.83. The zero-order valence-electron chi connectivity index (χ0n) is 29.8. The molecule has 0 N–H and O–H groups in total. The molecule has 2 nitrogen and oxygen atoms in total. The predicted octanol–water partition coefficient (Wildman–Crippen LogP) is 15.6. The topological polar surface area (TPSA) is 16.4 Å². The van der Waals surface area contributed by atoms with Gasteiger partial charge < -0.3 is 9.32 Å². The summed E-state index contributed by atoms with van der Waals surface area (Å²) in [7, 11) is 0. The van der Waals surface area contributed by atoms with Crippen LogP contribution in [-0.2, 0) is 0 Å². The van der Waals surface area contributed by atoms with Gasteiger partial charge in [-0.25, -0.2) is 0 Å². The molecule has 0 amide bonds. The van der Waals surface area contributed by atoms with Gasteiger partial charge in [-0.2, -0.15) is 0 Å². The van der Waals surface area contributed by atoms with Crippen molar-refractivity contribution in [2.45, 2.75) is 0 Å². The van der Waals surface area contributed by atoms with E-state index in [1.54, 1.807) is 0 Å². The summed E-state index contributed by atoms with van der Waals surface area (Å²) in [4.78, 5) is 2.43. The Balaban J connectivity index is 1.11. The van der Waals surface area contributed by atoms with Crippen LogP contribution in [0.5, 0.6) is 0 Å². The molecule has 2 aromatic heterocycles. The highest BCUT2D eigenvalue weighted by atomic mass is 32.1. The molecule has 11 rings (SSSR count). The lowest BCUT2D eigenvalue weighted by molar-refractivity contribution is 0.670. The number of anilines is 3. The van der Waals surface area contributed by atoms with Crippen LogP contribution in [0, 0.1) is 0 Å². The summed E-state index contributed by atoms with van der Waals surface area (Å²) in [5, 5.41) is 7.32. The molecule has 0 fully saturated rings. The van der Waals surface area contributed by atoms with E-state index in [-0.39, 0.29) is 0 Å². The number of furan rings is 1. The van der Waals surface area contributed by atoms with Crippen LogP contribution >= 0.6 is 11.3 Å². The maximum atomic E-state index is 6.46. The maximum Gasteiger partial charge on any atom is 0.143 e. The van der Waals surface area contributed by atoms with E-state index < -0.39 is 0 Å². The SMILES string of the molecule is c1ccc(N(c2ccc(-c3cccc4c3oc3ccccc34)cc2)c2ccccc2-c2ccc3sc4ccccc4c3c2)c(-c2ccc3ccccc3c2)c1. The summed E-state index contributed by atoms with van der Waals surface area (Å²) < 4.78 is 9.07. The number of fused-ring (bicyclic) bond motifs is 7. The molecular weight excluding hydrogens is 687 g/mol. The molecule has 258 valence electrons. The van der Waals surface area contributed by atoms with Crippen molar-refractivity contribution >= 4 is 81.3 Å². The van der Waals surface area contributed by atoms with Gasteiger partial charge >= 0.3 is 0 Å². The summed E-state index contributed by atoms with van der Waals surface area (Å²) in [6.07, 6.45) is 0. The van der Waals surface area contributed by atoms with Gasteiger partial charge in [0.15, 0.2) is 0 Å². The number of para-hydroxylation sites is 4. The Labute approximate surface area is 322 Å². The first-order valence-corrected chi connectivity index (χ1v) is 19.5. The second kappa shape index (κ2) is 12.9. The van der Waals surface area contributed by atoms with Gasteiger partial charge in [0.2, 0.25) is 0 Å². The van der Waals surface area contributed by atoms with Gasteiger partial charge in [-0.15, -0.1) is 11.3 Å². The van der Waals surface area contributed by atoms with Crippen LogP contribution in [0.3, 0.4) is 0 Å². The Morgan fingerprint density at radius 1 is 0.364 bits per heavy atom. The van der Waals surface area contributed by atoms with E-state index in [0.717, 1.165) is 50.1 Å². The summed E-state index contributed by atoms with van der Waals surface area (Å²) >= 11 is 1.85. The number of nitrogens with zero attached hydrogens (tertiary/aromatic N) is 1. The van der Waals surface area contributed by atoms with Crippen molar-refractivity contribution in [1.29, 1.82) is 0 Å². The van der Waals surface area contributed by atoms with E-state index in [2.05, 4.69) is 193 Å². The minimum Gasteiger partial charge on any atom is -0.455 e. The average molecular weight is 720 g/mol. The number of rotatable bonds is 6. The molecule has 0 aliphatic heterocycles. The zero-order valence-corrected chi connectivity index (χ0v) is 30.6. The highest BCUT2D eigenvalue weighted by molar-refractivity contribution is 7.25. The van der Waals surface area contributed by atoms with Crippen molar-refractivity contribution in [2.24, 2.45) is 0 Å². The van der Waals surface area contributed by atoms with Gasteiger partial charge in [-0.1, -0.05) is 146 Å². The normalized spacial score (nSPS) is 11.6. The molecular formula is C52H33NOS. The van der Waals surface area contributed by atoms with Crippen LogP contribution in [0.25, 0.3) is 86.3 Å². The van der Waals surface area contributed by atoms with Gasteiger partial charge in [0, 0.05) is 53.3 Å². The summed E-state index contributed by atoms with van der Waals surface area (Å²) in [5.74, 6) is 0. The number of benzene rings is 9. The van der Waals surface area contributed by atoms with E-state index in [0.29, 0.717) is 0 Å². The second-order valence-corrected chi connectivity index (χ2v) is 15.2. The molecule has 2 heterocycles. The Kier molecular flexibility index (Phi) is 7.39. The van der Waals surface area contributed by atoms with Crippen molar-refractivity contribution < 1.29 is 4.42 Å². The molecule has 0 spiro atoms. The fraction of sp³-hybridized carbons (Fsp3) is 0. The third kappa shape index (κ3) is 5.32. The van der Waals surface area contributed by atoms with Crippen LogP contribution in [-0.4, -0.2) is 0 Å². The summed E-state index contributed by atoms with van der Waals surface area (Å²) in [5.41, 5.74) is 12.0. The van der Waals surface area contributed by atoms with Crippen LogP contribution in [0.1, 0.15) is 0 Å². The van der Waals surface area contributed by atoms with Crippen molar-refractivity contribution in [2.75, 3.05) is 4.90 Å². The minimum absolute atomic E-state index is 0.906. The smallest absolute Gasteiger partial charge is 0.143 e. The Morgan fingerprint density at radius 3 is 1.76 bits per heavy atom. The maximum absolute atomic E-state index is 6.46. The van der Waals surface area contributed by atoms with Crippen LogP contribution < -0.4 is 4.90 Å². The Hall–Kier alpha value is -6.94. The number of hydrogen-bond acceptors (Lipinski definition) is 3. The monoisotopic (exact) mass is 719 g/mol. The molecule has 0 radical (unpaired) electrons. The molecule has 0 unspecified atom stereocenters. The first-order chi connectivity index (χ1) is 27.3. The fourth-order valence-electron chi connectivity index (χ4n) is 8.25. The van der Waals surface area contributed by atoms with Crippen molar-refractivity contribution in [3.8, 4) is 33.4 Å². The van der Waals surface area contributed by atoms with E-state index in [4.69, 9.17) is 4.42 Å². The minimum atomic E-state index is 0.906. The molecule has 0 bridgehead atoms. The van der Waals surface area contributed by atoms with E-state index in [9.17, 15) is 0 Å². The van der Waals surface area contributed by atoms with Crippen molar-refractivity contribution in [1.82, 2.24) is 0 Å². The highest BCUT2D eigenvalue weighted by Gasteiger charge is 2.21. The van der Waals surface area contributed by atoms with Gasteiger partial charge in [-0.3, -0.25) is 0 Å². The lowest BCUT2D eigenvalue weighted by Crippen LogP contribution is -2.12. The van der Waals surface area contributed by atoms with Gasteiger partial charge in [-0.05, 0) is 82.1 Å². The van der Waals surface area contributed by atoms with E-state index in [1.807, 2.05) is 23.5 Å². The van der Waals surface area contributed by atoms with Crippen molar-refractivity contribution in [3.05, 3.63) is 200 Å². The molecule has 3 heteroatoms. The lowest BCUT2D eigenvalue weighted by Gasteiger charge is -2.30. The standard InChI is InChI=1S/C52H33NOS/c1-2-13-36-32-37(25-24-34(36)12-1)40-14-3-7-20-47(40)53(39-29-26-35(27-30-39)42-18-11-19-45-43-16-5-9-22-49(43)54-52(42)45)48-21-8-4-15-41(48)38-28-31-51-46(33-38)44-17-6-10-23-50(44)55-51/h1-33H. The highest BCUT2D eigenvalue weighted by Crippen LogP contribution is 2.47. The molecule has 0 saturated carbocycles. The summed E-state index contributed by atoms with van der Waals surface area (Å²) in [6, 6.07) is 72.3. The third-order valence-electron chi connectivity index (χ3n) is 10.9.